The zero-order chi connectivity index (χ0) is 20.3. The lowest BCUT2D eigenvalue weighted by Gasteiger charge is -2.14. The summed E-state index contributed by atoms with van der Waals surface area (Å²) < 4.78 is 48.5. The number of nitrogens with zero attached hydrogens (tertiary/aromatic N) is 3. The van der Waals surface area contributed by atoms with Crippen molar-refractivity contribution in [2.24, 2.45) is 0 Å². The molecule has 0 aliphatic heterocycles. The normalized spacial score (nSPS) is 11.4. The van der Waals surface area contributed by atoms with Gasteiger partial charge in [0.15, 0.2) is 23.9 Å². The number of aromatic nitrogens is 3. The van der Waals surface area contributed by atoms with E-state index in [1.807, 2.05) is 6.07 Å². The third-order valence-electron chi connectivity index (χ3n) is 3.95. The number of hydrogen-bond acceptors (Lipinski definition) is 5. The minimum atomic E-state index is -4.46. The Morgan fingerprint density at radius 2 is 1.48 bits per heavy atom. The van der Waals surface area contributed by atoms with E-state index in [-0.39, 0.29) is 17.4 Å². The van der Waals surface area contributed by atoms with E-state index >= 15 is 0 Å². The lowest BCUT2D eigenvalue weighted by Crippen LogP contribution is -2.19. The molecule has 0 unspecified atom stereocenters. The Bertz CT molecular complexity index is 1130. The van der Waals surface area contributed by atoms with E-state index in [4.69, 9.17) is 9.47 Å². The zero-order valence-electron chi connectivity index (χ0n) is 14.9. The highest BCUT2D eigenvalue weighted by molar-refractivity contribution is 5.85. The molecule has 5 nitrogen and oxygen atoms in total. The summed E-state index contributed by atoms with van der Waals surface area (Å²) >= 11 is 0. The number of ether oxygens (including phenoxy) is 2. The van der Waals surface area contributed by atoms with Crippen molar-refractivity contribution in [3.8, 4) is 28.8 Å². The van der Waals surface area contributed by atoms with Crippen LogP contribution in [0.3, 0.4) is 0 Å². The second kappa shape index (κ2) is 7.75. The van der Waals surface area contributed by atoms with Crippen molar-refractivity contribution < 1.29 is 22.6 Å². The topological polar surface area (TPSA) is 57.1 Å². The first-order valence-corrected chi connectivity index (χ1v) is 8.63. The summed E-state index contributed by atoms with van der Waals surface area (Å²) in [6.45, 7) is -1.42. The molecule has 0 bridgehead atoms. The van der Waals surface area contributed by atoms with Crippen molar-refractivity contribution in [3.63, 3.8) is 0 Å². The molecule has 0 aliphatic rings. The quantitative estimate of drug-likeness (QED) is 0.450. The molecule has 0 amide bonds. The molecule has 0 saturated heterocycles. The Hall–Kier alpha value is -3.68. The number of rotatable bonds is 5. The average molecular weight is 397 g/mol. The minimum absolute atomic E-state index is 0.0296. The van der Waals surface area contributed by atoms with Crippen LogP contribution in [0.4, 0.5) is 13.2 Å². The van der Waals surface area contributed by atoms with Gasteiger partial charge < -0.3 is 9.47 Å². The Morgan fingerprint density at radius 1 is 0.793 bits per heavy atom. The van der Waals surface area contributed by atoms with Crippen LogP contribution in [0.25, 0.3) is 22.3 Å². The first-order valence-electron chi connectivity index (χ1n) is 8.63. The van der Waals surface area contributed by atoms with E-state index in [0.717, 1.165) is 5.56 Å². The van der Waals surface area contributed by atoms with Crippen LogP contribution in [0.5, 0.6) is 17.4 Å². The van der Waals surface area contributed by atoms with Gasteiger partial charge in [0.2, 0.25) is 5.88 Å². The summed E-state index contributed by atoms with van der Waals surface area (Å²) in [4.78, 5) is 13.0. The molecule has 0 atom stereocenters. The van der Waals surface area contributed by atoms with Gasteiger partial charge in [0.05, 0.1) is 10.9 Å². The van der Waals surface area contributed by atoms with Gasteiger partial charge in [-0.05, 0) is 36.4 Å². The van der Waals surface area contributed by atoms with E-state index in [9.17, 15) is 13.2 Å². The van der Waals surface area contributed by atoms with Gasteiger partial charge in [-0.15, -0.1) is 0 Å². The summed E-state index contributed by atoms with van der Waals surface area (Å²) in [5.41, 5.74) is 1.37. The first-order chi connectivity index (χ1) is 14.0. The lowest BCUT2D eigenvalue weighted by molar-refractivity contribution is -0.153. The van der Waals surface area contributed by atoms with Gasteiger partial charge in [-0.25, -0.2) is 4.98 Å². The van der Waals surface area contributed by atoms with Gasteiger partial charge in [0.25, 0.3) is 0 Å². The molecule has 2 aromatic carbocycles. The molecule has 0 fully saturated rings. The number of fused-ring (bicyclic) bond motifs is 1. The van der Waals surface area contributed by atoms with Crippen LogP contribution >= 0.6 is 0 Å². The molecule has 0 radical (unpaired) electrons. The van der Waals surface area contributed by atoms with Crippen molar-refractivity contribution in [1.82, 2.24) is 15.0 Å². The fourth-order valence-corrected chi connectivity index (χ4v) is 2.67. The van der Waals surface area contributed by atoms with E-state index in [1.165, 1.54) is 12.1 Å². The molecule has 4 aromatic rings. The average Bonchev–Trinajstić information content (AvgIpc) is 2.73. The number of alkyl halides is 3. The first kappa shape index (κ1) is 18.7. The van der Waals surface area contributed by atoms with E-state index < -0.39 is 12.8 Å². The fourth-order valence-electron chi connectivity index (χ4n) is 2.67. The monoisotopic (exact) mass is 397 g/mol. The molecule has 0 N–H and O–H groups in total. The number of halogens is 3. The van der Waals surface area contributed by atoms with Crippen molar-refractivity contribution in [2.75, 3.05) is 6.61 Å². The van der Waals surface area contributed by atoms with Crippen molar-refractivity contribution in [2.45, 2.75) is 6.18 Å². The highest BCUT2D eigenvalue weighted by Gasteiger charge is 2.29. The third kappa shape index (κ3) is 4.43. The number of benzene rings is 2. The van der Waals surface area contributed by atoms with Crippen LogP contribution in [-0.2, 0) is 0 Å². The molecular weight excluding hydrogens is 383 g/mol. The molecule has 4 rings (SSSR count). The maximum atomic E-state index is 12.6. The lowest BCUT2D eigenvalue weighted by atomic mass is 10.2. The van der Waals surface area contributed by atoms with Crippen molar-refractivity contribution in [3.05, 3.63) is 73.1 Å². The number of para-hydroxylation sites is 3. The molecule has 2 aromatic heterocycles. The van der Waals surface area contributed by atoms with Gasteiger partial charge in [-0.2, -0.15) is 18.2 Å². The van der Waals surface area contributed by atoms with Crippen LogP contribution in [0.2, 0.25) is 0 Å². The van der Waals surface area contributed by atoms with Gasteiger partial charge in [0, 0.05) is 18.0 Å². The Balaban J connectivity index is 1.75. The van der Waals surface area contributed by atoms with Gasteiger partial charge in [-0.1, -0.05) is 24.3 Å². The molecule has 0 aliphatic carbocycles. The smallest absolute Gasteiger partial charge is 0.422 e. The van der Waals surface area contributed by atoms with Crippen LogP contribution in [-0.4, -0.2) is 27.7 Å². The van der Waals surface area contributed by atoms with Crippen LogP contribution in [0.1, 0.15) is 0 Å². The fraction of sp³-hybridized carbons (Fsp3) is 0.0952. The predicted molar refractivity (Wildman–Crippen MR) is 101 cm³/mol. The second-order valence-corrected chi connectivity index (χ2v) is 6.06. The number of pyridine rings is 1. The highest BCUT2D eigenvalue weighted by atomic mass is 19.4. The van der Waals surface area contributed by atoms with Crippen LogP contribution in [0, 0.1) is 0 Å². The van der Waals surface area contributed by atoms with Gasteiger partial charge in [0.1, 0.15) is 0 Å². The largest absolute Gasteiger partial charge is 0.480 e. The van der Waals surface area contributed by atoms with E-state index in [2.05, 4.69) is 15.0 Å². The zero-order valence-corrected chi connectivity index (χ0v) is 14.9. The second-order valence-electron chi connectivity index (χ2n) is 6.06. The molecule has 29 heavy (non-hydrogen) atoms. The maximum Gasteiger partial charge on any atom is 0.422 e. The standard InChI is InChI=1S/C21H14F3N3O2/c22-21(23,24)13-28-17-7-3-4-8-18(17)29-20-15-5-1-2-6-16(15)26-19(27-20)14-9-11-25-12-10-14/h1-12H,13H2. The van der Waals surface area contributed by atoms with E-state index in [1.54, 1.807) is 54.9 Å². The molecule has 0 saturated carbocycles. The summed E-state index contributed by atoms with van der Waals surface area (Å²) in [7, 11) is 0. The van der Waals surface area contributed by atoms with Crippen LogP contribution in [0.15, 0.2) is 73.1 Å². The highest BCUT2D eigenvalue weighted by Crippen LogP contribution is 2.35. The van der Waals surface area contributed by atoms with Crippen molar-refractivity contribution >= 4 is 10.9 Å². The number of hydrogen-bond donors (Lipinski definition) is 0. The Labute approximate surface area is 163 Å². The molecule has 8 heteroatoms. The summed E-state index contributed by atoms with van der Waals surface area (Å²) in [5, 5.41) is 0.621. The van der Waals surface area contributed by atoms with Crippen molar-refractivity contribution in [1.29, 1.82) is 0 Å². The molecule has 146 valence electrons. The SMILES string of the molecule is FC(F)(F)COc1ccccc1Oc1nc(-c2ccncc2)nc2ccccc12. The summed E-state index contributed by atoms with van der Waals surface area (Å²) in [6, 6.07) is 16.9. The molecule has 2 heterocycles. The van der Waals surface area contributed by atoms with Crippen LogP contribution < -0.4 is 9.47 Å². The van der Waals surface area contributed by atoms with Gasteiger partial charge >= 0.3 is 6.18 Å². The van der Waals surface area contributed by atoms with Gasteiger partial charge in [-0.3, -0.25) is 4.98 Å². The summed E-state index contributed by atoms with van der Waals surface area (Å²) in [6.07, 6.45) is -1.22. The Morgan fingerprint density at radius 3 is 2.24 bits per heavy atom. The third-order valence-corrected chi connectivity index (χ3v) is 3.95. The Kier molecular flexibility index (Phi) is 4.99. The van der Waals surface area contributed by atoms with E-state index in [0.29, 0.717) is 16.7 Å². The maximum absolute atomic E-state index is 12.6. The minimum Gasteiger partial charge on any atom is -0.480 e. The molecule has 0 spiro atoms. The molecular formula is C21H14F3N3O2. The summed E-state index contributed by atoms with van der Waals surface area (Å²) in [5.74, 6) is 0.722. The predicted octanol–water partition coefficient (Wildman–Crippen LogP) is 5.43.